The quantitative estimate of drug-likeness (QED) is 0.711. The smallest absolute Gasteiger partial charge is 0.276 e. The predicted octanol–water partition coefficient (Wildman–Crippen LogP) is 3.48. The SMILES string of the molecule is CN(c1ccccn1)C1CCN(C(=O)c2cc(-c3ccccc3)on2)CC1. The van der Waals surface area contributed by atoms with Crippen LogP contribution in [0, 0.1) is 0 Å². The molecule has 3 aromatic rings. The summed E-state index contributed by atoms with van der Waals surface area (Å²) in [5.41, 5.74) is 1.28. The molecular weight excluding hydrogens is 340 g/mol. The number of rotatable bonds is 4. The second-order valence-corrected chi connectivity index (χ2v) is 6.76. The minimum absolute atomic E-state index is 0.0696. The number of carbonyl (C=O) groups is 1. The fourth-order valence-corrected chi connectivity index (χ4v) is 3.48. The van der Waals surface area contributed by atoms with Crippen molar-refractivity contribution >= 4 is 11.7 Å². The average Bonchev–Trinajstić information content (AvgIpc) is 3.24. The van der Waals surface area contributed by atoms with Crippen molar-refractivity contribution in [1.82, 2.24) is 15.0 Å². The van der Waals surface area contributed by atoms with Gasteiger partial charge in [0.1, 0.15) is 5.82 Å². The normalized spacial score (nSPS) is 14.9. The molecule has 27 heavy (non-hydrogen) atoms. The zero-order chi connectivity index (χ0) is 18.6. The lowest BCUT2D eigenvalue weighted by atomic mass is 10.0. The molecule has 0 spiro atoms. The summed E-state index contributed by atoms with van der Waals surface area (Å²) < 4.78 is 5.37. The Kier molecular flexibility index (Phi) is 4.87. The number of pyridine rings is 1. The zero-order valence-corrected chi connectivity index (χ0v) is 15.3. The minimum Gasteiger partial charge on any atom is -0.357 e. The van der Waals surface area contributed by atoms with Gasteiger partial charge in [0.2, 0.25) is 0 Å². The van der Waals surface area contributed by atoms with Crippen LogP contribution in [0.5, 0.6) is 0 Å². The Hall–Kier alpha value is -3.15. The van der Waals surface area contributed by atoms with Gasteiger partial charge in [-0.25, -0.2) is 4.98 Å². The van der Waals surface area contributed by atoms with E-state index in [9.17, 15) is 4.79 Å². The number of hydrogen-bond donors (Lipinski definition) is 0. The van der Waals surface area contributed by atoms with Gasteiger partial charge in [-0.1, -0.05) is 41.6 Å². The third kappa shape index (κ3) is 3.69. The summed E-state index contributed by atoms with van der Waals surface area (Å²) in [6.07, 6.45) is 3.61. The van der Waals surface area contributed by atoms with E-state index in [0.29, 0.717) is 30.6 Å². The van der Waals surface area contributed by atoms with E-state index in [4.69, 9.17) is 4.52 Å². The molecule has 0 saturated carbocycles. The number of anilines is 1. The Balaban J connectivity index is 1.38. The van der Waals surface area contributed by atoms with E-state index in [1.54, 1.807) is 12.3 Å². The first-order valence-electron chi connectivity index (χ1n) is 9.17. The molecule has 138 valence electrons. The van der Waals surface area contributed by atoms with Crippen LogP contribution in [-0.4, -0.2) is 47.1 Å². The predicted molar refractivity (Wildman–Crippen MR) is 104 cm³/mol. The topological polar surface area (TPSA) is 62.5 Å². The average molecular weight is 362 g/mol. The van der Waals surface area contributed by atoms with Crippen LogP contribution in [0.1, 0.15) is 23.3 Å². The Morgan fingerprint density at radius 3 is 2.56 bits per heavy atom. The molecule has 1 amide bonds. The van der Waals surface area contributed by atoms with Gasteiger partial charge < -0.3 is 14.3 Å². The van der Waals surface area contributed by atoms with Crippen molar-refractivity contribution in [3.05, 3.63) is 66.5 Å². The van der Waals surface area contributed by atoms with Crippen LogP contribution >= 0.6 is 0 Å². The largest absolute Gasteiger partial charge is 0.357 e. The van der Waals surface area contributed by atoms with E-state index >= 15 is 0 Å². The summed E-state index contributed by atoms with van der Waals surface area (Å²) in [7, 11) is 2.06. The van der Waals surface area contributed by atoms with Crippen molar-refractivity contribution in [2.45, 2.75) is 18.9 Å². The van der Waals surface area contributed by atoms with Gasteiger partial charge in [0.05, 0.1) is 0 Å². The first-order chi connectivity index (χ1) is 13.2. The van der Waals surface area contributed by atoms with Gasteiger partial charge in [-0.2, -0.15) is 0 Å². The van der Waals surface area contributed by atoms with E-state index in [1.807, 2.05) is 53.4 Å². The number of hydrogen-bond acceptors (Lipinski definition) is 5. The van der Waals surface area contributed by atoms with Crippen LogP contribution in [-0.2, 0) is 0 Å². The summed E-state index contributed by atoms with van der Waals surface area (Å²) in [6, 6.07) is 17.7. The van der Waals surface area contributed by atoms with Gasteiger partial charge in [0, 0.05) is 44.0 Å². The summed E-state index contributed by atoms with van der Waals surface area (Å²) in [4.78, 5) is 21.2. The Labute approximate surface area is 158 Å². The Bertz CT molecular complexity index is 887. The summed E-state index contributed by atoms with van der Waals surface area (Å²) in [5.74, 6) is 1.51. The Morgan fingerprint density at radius 2 is 1.85 bits per heavy atom. The molecule has 1 aliphatic heterocycles. The number of likely N-dealkylation sites (tertiary alicyclic amines) is 1. The zero-order valence-electron chi connectivity index (χ0n) is 15.3. The number of piperidine rings is 1. The third-order valence-corrected chi connectivity index (χ3v) is 5.10. The highest BCUT2D eigenvalue weighted by Crippen LogP contribution is 2.23. The third-order valence-electron chi connectivity index (χ3n) is 5.10. The second kappa shape index (κ2) is 7.61. The van der Waals surface area contributed by atoms with E-state index < -0.39 is 0 Å². The molecule has 1 aliphatic rings. The first-order valence-corrected chi connectivity index (χ1v) is 9.17. The lowest BCUT2D eigenvalue weighted by molar-refractivity contribution is 0.0703. The van der Waals surface area contributed by atoms with Gasteiger partial charge >= 0.3 is 0 Å². The van der Waals surface area contributed by atoms with Crippen LogP contribution < -0.4 is 4.90 Å². The van der Waals surface area contributed by atoms with Crippen LogP contribution in [0.25, 0.3) is 11.3 Å². The van der Waals surface area contributed by atoms with Crippen LogP contribution in [0.15, 0.2) is 65.3 Å². The van der Waals surface area contributed by atoms with E-state index in [1.165, 1.54) is 0 Å². The van der Waals surface area contributed by atoms with Crippen LogP contribution in [0.2, 0.25) is 0 Å². The molecule has 3 heterocycles. The minimum atomic E-state index is -0.0696. The van der Waals surface area contributed by atoms with E-state index in [-0.39, 0.29) is 5.91 Å². The van der Waals surface area contributed by atoms with Gasteiger partial charge in [0.15, 0.2) is 11.5 Å². The molecule has 0 aliphatic carbocycles. The lowest BCUT2D eigenvalue weighted by Crippen LogP contribution is -2.46. The maximum absolute atomic E-state index is 12.8. The molecule has 1 fully saturated rings. The first kappa shape index (κ1) is 17.3. The maximum Gasteiger partial charge on any atom is 0.276 e. The van der Waals surface area contributed by atoms with Crippen LogP contribution in [0.3, 0.4) is 0 Å². The van der Waals surface area contributed by atoms with Crippen LogP contribution in [0.4, 0.5) is 5.82 Å². The highest BCUT2D eigenvalue weighted by atomic mass is 16.5. The van der Waals surface area contributed by atoms with Crippen molar-refractivity contribution in [2.75, 3.05) is 25.0 Å². The number of aromatic nitrogens is 2. The number of nitrogens with zero attached hydrogens (tertiary/aromatic N) is 4. The molecular formula is C21H22N4O2. The molecule has 6 nitrogen and oxygen atoms in total. The number of amides is 1. The van der Waals surface area contributed by atoms with E-state index in [2.05, 4.69) is 22.1 Å². The summed E-state index contributed by atoms with van der Waals surface area (Å²) in [6.45, 7) is 1.41. The highest BCUT2D eigenvalue weighted by molar-refractivity contribution is 5.93. The van der Waals surface area contributed by atoms with Crippen molar-refractivity contribution in [1.29, 1.82) is 0 Å². The molecule has 2 aromatic heterocycles. The monoisotopic (exact) mass is 362 g/mol. The number of benzene rings is 1. The fourth-order valence-electron chi connectivity index (χ4n) is 3.48. The molecule has 4 rings (SSSR count). The summed E-state index contributed by atoms with van der Waals surface area (Å²) >= 11 is 0. The molecule has 6 heteroatoms. The molecule has 1 saturated heterocycles. The standard InChI is InChI=1S/C21H22N4O2/c1-24(20-9-5-6-12-22-20)17-10-13-25(14-11-17)21(26)18-15-19(27-23-18)16-7-3-2-4-8-16/h2-9,12,15,17H,10-11,13-14H2,1H3. The van der Waals surface area contributed by atoms with Gasteiger partial charge in [-0.15, -0.1) is 0 Å². The molecule has 0 N–H and O–H groups in total. The number of carbonyl (C=O) groups excluding carboxylic acids is 1. The van der Waals surface area contributed by atoms with Crippen molar-refractivity contribution < 1.29 is 9.32 Å². The molecule has 0 atom stereocenters. The maximum atomic E-state index is 12.8. The van der Waals surface area contributed by atoms with E-state index in [0.717, 1.165) is 24.2 Å². The molecule has 0 unspecified atom stereocenters. The summed E-state index contributed by atoms with van der Waals surface area (Å²) in [5, 5.41) is 3.98. The van der Waals surface area contributed by atoms with Crippen molar-refractivity contribution in [3.8, 4) is 11.3 Å². The van der Waals surface area contributed by atoms with Crippen molar-refractivity contribution in [2.24, 2.45) is 0 Å². The van der Waals surface area contributed by atoms with Gasteiger partial charge in [0.25, 0.3) is 5.91 Å². The van der Waals surface area contributed by atoms with Gasteiger partial charge in [-0.3, -0.25) is 4.79 Å². The second-order valence-electron chi connectivity index (χ2n) is 6.76. The highest BCUT2D eigenvalue weighted by Gasteiger charge is 2.28. The molecule has 0 bridgehead atoms. The lowest BCUT2D eigenvalue weighted by Gasteiger charge is -2.37. The van der Waals surface area contributed by atoms with Crippen molar-refractivity contribution in [3.63, 3.8) is 0 Å². The fraction of sp³-hybridized carbons (Fsp3) is 0.286. The Morgan fingerprint density at radius 1 is 1.11 bits per heavy atom. The molecule has 1 aromatic carbocycles. The molecule has 0 radical (unpaired) electrons. The van der Waals surface area contributed by atoms with Gasteiger partial charge in [-0.05, 0) is 25.0 Å².